The molecule has 4 heteroatoms. The van der Waals surface area contributed by atoms with Crippen molar-refractivity contribution in [1.82, 2.24) is 4.57 Å². The van der Waals surface area contributed by atoms with Crippen molar-refractivity contribution in [3.63, 3.8) is 0 Å². The Morgan fingerprint density at radius 1 is 1.14 bits per heavy atom. The highest BCUT2D eigenvalue weighted by Gasteiger charge is 2.20. The van der Waals surface area contributed by atoms with Gasteiger partial charge < -0.3 is 9.67 Å². The molecule has 0 aliphatic rings. The Labute approximate surface area is 130 Å². The van der Waals surface area contributed by atoms with Gasteiger partial charge in [-0.2, -0.15) is 0 Å². The topological polar surface area (TPSA) is 42.2 Å². The van der Waals surface area contributed by atoms with Crippen molar-refractivity contribution >= 4 is 28.5 Å². The van der Waals surface area contributed by atoms with Crippen molar-refractivity contribution in [1.29, 1.82) is 0 Å². The van der Waals surface area contributed by atoms with E-state index in [1.807, 2.05) is 28.8 Å². The van der Waals surface area contributed by atoms with Crippen LogP contribution in [0.3, 0.4) is 0 Å². The van der Waals surface area contributed by atoms with Crippen LogP contribution in [0.1, 0.15) is 55.8 Å². The summed E-state index contributed by atoms with van der Waals surface area (Å²) in [5.41, 5.74) is 1.13. The molecule has 3 nitrogen and oxygen atoms in total. The van der Waals surface area contributed by atoms with Crippen LogP contribution < -0.4 is 0 Å². The van der Waals surface area contributed by atoms with E-state index in [1.165, 1.54) is 25.7 Å². The highest BCUT2D eigenvalue weighted by molar-refractivity contribution is 6.35. The lowest BCUT2D eigenvalue weighted by Gasteiger charge is -2.07. The molecule has 0 fully saturated rings. The SMILES string of the molecule is CCCCCCCCn1c(Cl)c(C(=O)O)c2ccccc21. The van der Waals surface area contributed by atoms with Crippen molar-refractivity contribution in [3.05, 3.63) is 35.0 Å². The maximum Gasteiger partial charge on any atom is 0.339 e. The largest absolute Gasteiger partial charge is 0.478 e. The van der Waals surface area contributed by atoms with Crippen LogP contribution in [-0.2, 0) is 6.54 Å². The summed E-state index contributed by atoms with van der Waals surface area (Å²) in [6.45, 7) is 2.98. The molecule has 0 radical (unpaired) electrons. The Balaban J connectivity index is 2.12. The molecule has 0 spiro atoms. The zero-order chi connectivity index (χ0) is 15.2. The molecule has 21 heavy (non-hydrogen) atoms. The van der Waals surface area contributed by atoms with Crippen LogP contribution in [-0.4, -0.2) is 15.6 Å². The molecular formula is C17H22ClNO2. The van der Waals surface area contributed by atoms with Gasteiger partial charge >= 0.3 is 5.97 Å². The number of aromatic nitrogens is 1. The van der Waals surface area contributed by atoms with Gasteiger partial charge in [0.2, 0.25) is 0 Å². The minimum Gasteiger partial charge on any atom is -0.478 e. The summed E-state index contributed by atoms with van der Waals surface area (Å²) in [5.74, 6) is -0.960. The van der Waals surface area contributed by atoms with Gasteiger partial charge in [0.25, 0.3) is 0 Å². The second-order valence-corrected chi connectivity index (χ2v) is 5.77. The molecule has 0 bridgehead atoms. The van der Waals surface area contributed by atoms with Crippen LogP contribution in [0.4, 0.5) is 0 Å². The first kappa shape index (κ1) is 15.9. The van der Waals surface area contributed by atoms with Crippen LogP contribution in [0.25, 0.3) is 10.9 Å². The van der Waals surface area contributed by atoms with E-state index < -0.39 is 5.97 Å². The second-order valence-electron chi connectivity index (χ2n) is 5.41. The smallest absolute Gasteiger partial charge is 0.339 e. The summed E-state index contributed by atoms with van der Waals surface area (Å²) in [5, 5.41) is 10.4. The number of carboxylic acid groups (broad SMARTS) is 1. The summed E-state index contributed by atoms with van der Waals surface area (Å²) >= 11 is 6.29. The summed E-state index contributed by atoms with van der Waals surface area (Å²) in [7, 11) is 0. The van der Waals surface area contributed by atoms with Gasteiger partial charge in [0.15, 0.2) is 0 Å². The second kappa shape index (κ2) is 7.51. The Bertz CT molecular complexity index is 619. The Morgan fingerprint density at radius 2 is 1.81 bits per heavy atom. The van der Waals surface area contributed by atoms with E-state index in [9.17, 15) is 9.90 Å². The molecule has 0 saturated carbocycles. The van der Waals surface area contributed by atoms with E-state index in [0.29, 0.717) is 5.15 Å². The number of rotatable bonds is 8. The molecule has 2 rings (SSSR count). The number of carbonyl (C=O) groups is 1. The highest BCUT2D eigenvalue weighted by atomic mass is 35.5. The van der Waals surface area contributed by atoms with Gasteiger partial charge in [-0.1, -0.05) is 68.8 Å². The molecule has 0 unspecified atom stereocenters. The molecule has 1 aromatic carbocycles. The van der Waals surface area contributed by atoms with Crippen LogP contribution in [0.2, 0.25) is 5.15 Å². The number of fused-ring (bicyclic) bond motifs is 1. The van der Waals surface area contributed by atoms with Gasteiger partial charge in [0.05, 0.1) is 5.52 Å². The van der Waals surface area contributed by atoms with Crippen LogP contribution in [0, 0.1) is 0 Å². The normalized spacial score (nSPS) is 11.1. The summed E-state index contributed by atoms with van der Waals surface area (Å²) in [4.78, 5) is 11.4. The number of aromatic carboxylic acids is 1. The molecule has 0 aliphatic carbocycles. The van der Waals surface area contributed by atoms with Gasteiger partial charge in [-0.3, -0.25) is 0 Å². The summed E-state index contributed by atoms with van der Waals surface area (Å²) in [6, 6.07) is 7.52. The predicted octanol–water partition coefficient (Wildman–Crippen LogP) is 5.35. The minimum atomic E-state index is -0.960. The fourth-order valence-electron chi connectivity index (χ4n) is 2.74. The Hall–Kier alpha value is -1.48. The van der Waals surface area contributed by atoms with Crippen molar-refractivity contribution < 1.29 is 9.90 Å². The van der Waals surface area contributed by atoms with E-state index in [1.54, 1.807) is 0 Å². The number of hydrogen-bond donors (Lipinski definition) is 1. The van der Waals surface area contributed by atoms with Crippen LogP contribution >= 0.6 is 11.6 Å². The molecule has 0 saturated heterocycles. The number of carboxylic acids is 1. The lowest BCUT2D eigenvalue weighted by molar-refractivity contribution is 0.0699. The number of benzene rings is 1. The van der Waals surface area contributed by atoms with Gasteiger partial charge in [-0.15, -0.1) is 0 Å². The molecule has 0 atom stereocenters. The number of nitrogens with zero attached hydrogens (tertiary/aromatic N) is 1. The Morgan fingerprint density at radius 3 is 2.52 bits per heavy atom. The predicted molar refractivity (Wildman–Crippen MR) is 87.3 cm³/mol. The van der Waals surface area contributed by atoms with Crippen molar-refractivity contribution in [2.45, 2.75) is 52.0 Å². The van der Waals surface area contributed by atoms with Gasteiger partial charge in [-0.05, 0) is 12.5 Å². The third-order valence-electron chi connectivity index (χ3n) is 3.86. The molecule has 0 amide bonds. The van der Waals surface area contributed by atoms with E-state index >= 15 is 0 Å². The molecule has 1 aromatic heterocycles. The zero-order valence-electron chi connectivity index (χ0n) is 12.4. The molecule has 0 aliphatic heterocycles. The average molecular weight is 308 g/mol. The van der Waals surface area contributed by atoms with Gasteiger partial charge in [0.1, 0.15) is 10.7 Å². The van der Waals surface area contributed by atoms with Crippen molar-refractivity contribution in [2.75, 3.05) is 0 Å². The lowest BCUT2D eigenvalue weighted by atomic mass is 10.1. The monoisotopic (exact) mass is 307 g/mol. The average Bonchev–Trinajstić information content (AvgIpc) is 2.75. The quantitative estimate of drug-likeness (QED) is 0.668. The number of hydrogen-bond acceptors (Lipinski definition) is 1. The molecule has 1 heterocycles. The summed E-state index contributed by atoms with van der Waals surface area (Å²) in [6.07, 6.45) is 7.23. The van der Waals surface area contributed by atoms with Crippen LogP contribution in [0.15, 0.2) is 24.3 Å². The molecular weight excluding hydrogens is 286 g/mol. The third-order valence-corrected chi connectivity index (χ3v) is 4.25. The number of para-hydroxylation sites is 1. The fraction of sp³-hybridized carbons (Fsp3) is 0.471. The first-order valence-corrected chi connectivity index (χ1v) is 8.04. The molecule has 114 valence electrons. The maximum atomic E-state index is 11.4. The fourth-order valence-corrected chi connectivity index (χ4v) is 3.10. The lowest BCUT2D eigenvalue weighted by Crippen LogP contribution is -2.00. The van der Waals surface area contributed by atoms with Gasteiger partial charge in [0, 0.05) is 11.9 Å². The van der Waals surface area contributed by atoms with Crippen LogP contribution in [0.5, 0.6) is 0 Å². The van der Waals surface area contributed by atoms with E-state index in [-0.39, 0.29) is 5.56 Å². The summed E-state index contributed by atoms with van der Waals surface area (Å²) < 4.78 is 1.93. The minimum absolute atomic E-state index is 0.221. The first-order valence-electron chi connectivity index (χ1n) is 7.66. The van der Waals surface area contributed by atoms with E-state index in [0.717, 1.165) is 30.3 Å². The first-order chi connectivity index (χ1) is 10.2. The van der Waals surface area contributed by atoms with Crippen molar-refractivity contribution in [3.8, 4) is 0 Å². The van der Waals surface area contributed by atoms with E-state index in [2.05, 4.69) is 6.92 Å². The van der Waals surface area contributed by atoms with Gasteiger partial charge in [-0.25, -0.2) is 4.79 Å². The maximum absolute atomic E-state index is 11.4. The number of halogens is 1. The Kier molecular flexibility index (Phi) is 5.68. The molecule has 2 aromatic rings. The number of aryl methyl sites for hydroxylation is 1. The molecule has 1 N–H and O–H groups in total. The standard InChI is InChI=1S/C17H22ClNO2/c1-2-3-4-5-6-9-12-19-14-11-8-7-10-13(14)15(16(19)18)17(20)21/h7-8,10-11H,2-6,9,12H2,1H3,(H,20,21). The zero-order valence-corrected chi connectivity index (χ0v) is 13.2. The van der Waals surface area contributed by atoms with E-state index in [4.69, 9.17) is 11.6 Å². The number of unbranched alkanes of at least 4 members (excludes halogenated alkanes) is 5. The van der Waals surface area contributed by atoms with Crippen molar-refractivity contribution in [2.24, 2.45) is 0 Å². The third kappa shape index (κ3) is 3.59. The highest BCUT2D eigenvalue weighted by Crippen LogP contribution is 2.30.